The summed E-state index contributed by atoms with van der Waals surface area (Å²) in [5, 5.41) is 9.45. The number of ether oxygens (including phenoxy) is 1. The van der Waals surface area contributed by atoms with E-state index < -0.39 is 29.9 Å². The molecule has 3 aromatic rings. The van der Waals surface area contributed by atoms with Gasteiger partial charge in [0, 0.05) is 17.1 Å². The van der Waals surface area contributed by atoms with Crippen LogP contribution in [0.1, 0.15) is 36.5 Å². The lowest BCUT2D eigenvalue weighted by atomic mass is 10.1. The highest BCUT2D eigenvalue weighted by Crippen LogP contribution is 2.43. The van der Waals surface area contributed by atoms with Crippen molar-refractivity contribution in [3.05, 3.63) is 58.2 Å². The lowest BCUT2D eigenvalue weighted by Gasteiger charge is -2.17. The standard InChI is InChI=1S/C21H19ClF3NO3/c1-2-3-4-13-11-26-18-6-5-14(10-15(13)18)29-20-16(21(23,24)25)7-12(8-17(20)22)9-19(27)28/h5-8,10-11,26H,2-4,9H2,1H3,(H,27,28). The number of aryl methyl sites for hydroxylation is 1. The fourth-order valence-corrected chi connectivity index (χ4v) is 3.43. The smallest absolute Gasteiger partial charge is 0.420 e. The van der Waals surface area contributed by atoms with E-state index in [9.17, 15) is 18.0 Å². The molecule has 1 aromatic heterocycles. The van der Waals surface area contributed by atoms with Crippen LogP contribution >= 0.6 is 11.6 Å². The first-order valence-electron chi connectivity index (χ1n) is 9.08. The molecule has 154 valence electrons. The summed E-state index contributed by atoms with van der Waals surface area (Å²) in [5.74, 6) is -1.58. The number of rotatable bonds is 7. The Balaban J connectivity index is 2.01. The number of aliphatic carboxylic acids is 1. The van der Waals surface area contributed by atoms with E-state index >= 15 is 0 Å². The van der Waals surface area contributed by atoms with Gasteiger partial charge >= 0.3 is 12.1 Å². The first kappa shape index (κ1) is 21.0. The molecule has 0 aliphatic rings. The molecular formula is C21H19ClF3NO3. The van der Waals surface area contributed by atoms with Gasteiger partial charge in [0.25, 0.3) is 0 Å². The summed E-state index contributed by atoms with van der Waals surface area (Å²) in [4.78, 5) is 14.0. The number of hydrogen-bond donors (Lipinski definition) is 2. The van der Waals surface area contributed by atoms with Gasteiger partial charge in [0.2, 0.25) is 0 Å². The molecule has 29 heavy (non-hydrogen) atoms. The Hall–Kier alpha value is -2.67. The van der Waals surface area contributed by atoms with Gasteiger partial charge in [0.1, 0.15) is 5.75 Å². The second-order valence-electron chi connectivity index (χ2n) is 6.75. The summed E-state index contributed by atoms with van der Waals surface area (Å²) >= 11 is 6.05. The van der Waals surface area contributed by atoms with Crippen LogP contribution in [0.5, 0.6) is 11.5 Å². The van der Waals surface area contributed by atoms with Crippen molar-refractivity contribution in [1.29, 1.82) is 0 Å². The minimum atomic E-state index is -4.75. The second-order valence-corrected chi connectivity index (χ2v) is 7.16. The van der Waals surface area contributed by atoms with Crippen LogP contribution in [0.3, 0.4) is 0 Å². The van der Waals surface area contributed by atoms with Crippen LogP contribution in [0, 0.1) is 0 Å². The number of carboxylic acid groups (broad SMARTS) is 1. The van der Waals surface area contributed by atoms with E-state index in [1.165, 1.54) is 6.07 Å². The lowest BCUT2D eigenvalue weighted by Crippen LogP contribution is -2.10. The lowest BCUT2D eigenvalue weighted by molar-refractivity contribution is -0.139. The highest BCUT2D eigenvalue weighted by atomic mass is 35.5. The van der Waals surface area contributed by atoms with E-state index in [4.69, 9.17) is 21.4 Å². The normalized spacial score (nSPS) is 11.8. The number of halogens is 4. The molecule has 0 amide bonds. The number of carboxylic acids is 1. The molecule has 3 rings (SSSR count). The Morgan fingerprint density at radius 3 is 2.66 bits per heavy atom. The zero-order chi connectivity index (χ0) is 21.2. The van der Waals surface area contributed by atoms with Crippen molar-refractivity contribution in [3.63, 3.8) is 0 Å². The van der Waals surface area contributed by atoms with Crippen molar-refractivity contribution in [1.82, 2.24) is 4.98 Å². The number of unbranched alkanes of at least 4 members (excludes halogenated alkanes) is 1. The number of H-pyrrole nitrogens is 1. The fourth-order valence-electron chi connectivity index (χ4n) is 3.15. The maximum atomic E-state index is 13.6. The van der Waals surface area contributed by atoms with Crippen LogP contribution in [0.4, 0.5) is 13.2 Å². The van der Waals surface area contributed by atoms with Gasteiger partial charge in [-0.3, -0.25) is 4.79 Å². The molecule has 0 bridgehead atoms. The third-order valence-electron chi connectivity index (χ3n) is 4.52. The van der Waals surface area contributed by atoms with E-state index in [1.807, 2.05) is 6.20 Å². The molecule has 2 aromatic carbocycles. The van der Waals surface area contributed by atoms with Crippen molar-refractivity contribution in [2.45, 2.75) is 38.8 Å². The molecule has 0 unspecified atom stereocenters. The summed E-state index contributed by atoms with van der Waals surface area (Å²) in [5.41, 5.74) is 0.764. The fraction of sp³-hybridized carbons (Fsp3) is 0.286. The van der Waals surface area contributed by atoms with Gasteiger partial charge in [0.15, 0.2) is 5.75 Å². The van der Waals surface area contributed by atoms with Crippen molar-refractivity contribution in [3.8, 4) is 11.5 Å². The maximum absolute atomic E-state index is 13.6. The zero-order valence-electron chi connectivity index (χ0n) is 15.6. The summed E-state index contributed by atoms with van der Waals surface area (Å²) < 4.78 is 46.2. The van der Waals surface area contributed by atoms with Gasteiger partial charge in [0.05, 0.1) is 17.0 Å². The maximum Gasteiger partial charge on any atom is 0.420 e. The third-order valence-corrected chi connectivity index (χ3v) is 4.80. The first-order valence-corrected chi connectivity index (χ1v) is 9.46. The van der Waals surface area contributed by atoms with Gasteiger partial charge in [-0.05, 0) is 54.3 Å². The van der Waals surface area contributed by atoms with E-state index in [0.29, 0.717) is 0 Å². The highest BCUT2D eigenvalue weighted by Gasteiger charge is 2.36. The molecule has 1 heterocycles. The molecule has 0 saturated heterocycles. The molecule has 0 spiro atoms. The van der Waals surface area contributed by atoms with Gasteiger partial charge in [-0.25, -0.2) is 0 Å². The number of aromatic amines is 1. The number of carbonyl (C=O) groups is 1. The third kappa shape index (κ3) is 4.85. The largest absolute Gasteiger partial charge is 0.481 e. The van der Waals surface area contributed by atoms with E-state index in [-0.39, 0.29) is 16.3 Å². The van der Waals surface area contributed by atoms with Crippen LogP contribution in [0.15, 0.2) is 36.5 Å². The number of alkyl halides is 3. The molecule has 0 radical (unpaired) electrons. The minimum Gasteiger partial charge on any atom is -0.481 e. The number of nitrogens with one attached hydrogen (secondary N) is 1. The quantitative estimate of drug-likeness (QED) is 0.448. The number of fused-ring (bicyclic) bond motifs is 1. The highest BCUT2D eigenvalue weighted by molar-refractivity contribution is 6.32. The molecule has 4 nitrogen and oxygen atoms in total. The summed E-state index contributed by atoms with van der Waals surface area (Å²) in [6.45, 7) is 2.08. The Bertz CT molecular complexity index is 1040. The molecule has 0 aliphatic carbocycles. The molecule has 0 aliphatic heterocycles. The van der Waals surface area contributed by atoms with Gasteiger partial charge in [-0.1, -0.05) is 24.9 Å². The Morgan fingerprint density at radius 2 is 2.00 bits per heavy atom. The second kappa shape index (κ2) is 8.37. The molecule has 2 N–H and O–H groups in total. The molecule has 0 fully saturated rings. The molecule has 8 heteroatoms. The van der Waals surface area contributed by atoms with Gasteiger partial charge in [-0.15, -0.1) is 0 Å². The van der Waals surface area contributed by atoms with Crippen molar-refractivity contribution in [2.75, 3.05) is 0 Å². The minimum absolute atomic E-state index is 0.0508. The Labute approximate surface area is 170 Å². The first-order chi connectivity index (χ1) is 13.7. The monoisotopic (exact) mass is 425 g/mol. The Morgan fingerprint density at radius 1 is 1.24 bits per heavy atom. The van der Waals surface area contributed by atoms with Crippen LogP contribution < -0.4 is 4.74 Å². The van der Waals surface area contributed by atoms with E-state index in [0.717, 1.165) is 41.8 Å². The van der Waals surface area contributed by atoms with Crippen LogP contribution in [-0.2, 0) is 23.8 Å². The van der Waals surface area contributed by atoms with Gasteiger partial charge in [-0.2, -0.15) is 13.2 Å². The number of aromatic nitrogens is 1. The topological polar surface area (TPSA) is 62.3 Å². The number of benzene rings is 2. The predicted octanol–water partition coefficient (Wildman–Crippen LogP) is 6.60. The SMILES string of the molecule is CCCCc1c[nH]c2ccc(Oc3c(Cl)cc(CC(=O)O)cc3C(F)(F)F)cc12. The summed E-state index contributed by atoms with van der Waals surface area (Å²) in [6.07, 6.45) is -0.572. The number of hydrogen-bond acceptors (Lipinski definition) is 2. The van der Waals surface area contributed by atoms with E-state index in [2.05, 4.69) is 11.9 Å². The molecule has 0 saturated carbocycles. The Kier molecular flexibility index (Phi) is 6.07. The summed E-state index contributed by atoms with van der Waals surface area (Å²) in [7, 11) is 0. The van der Waals surface area contributed by atoms with Crippen molar-refractivity contribution in [2.24, 2.45) is 0 Å². The molecule has 0 atom stereocenters. The average Bonchev–Trinajstić information content (AvgIpc) is 3.03. The average molecular weight is 426 g/mol. The molecular weight excluding hydrogens is 407 g/mol. The zero-order valence-corrected chi connectivity index (χ0v) is 16.3. The van der Waals surface area contributed by atoms with Crippen LogP contribution in [0.25, 0.3) is 10.9 Å². The van der Waals surface area contributed by atoms with Crippen LogP contribution in [0.2, 0.25) is 5.02 Å². The van der Waals surface area contributed by atoms with E-state index in [1.54, 1.807) is 18.2 Å². The van der Waals surface area contributed by atoms with Gasteiger partial charge < -0.3 is 14.8 Å². The van der Waals surface area contributed by atoms with Crippen molar-refractivity contribution < 1.29 is 27.8 Å². The van der Waals surface area contributed by atoms with Crippen molar-refractivity contribution >= 4 is 28.5 Å². The predicted molar refractivity (Wildman–Crippen MR) is 105 cm³/mol. The summed E-state index contributed by atoms with van der Waals surface area (Å²) in [6, 6.07) is 6.92. The van der Waals surface area contributed by atoms with Crippen LogP contribution in [-0.4, -0.2) is 16.1 Å².